The Morgan fingerprint density at radius 2 is 2.14 bits per heavy atom. The number of rotatable bonds is 5. The van der Waals surface area contributed by atoms with Gasteiger partial charge in [-0.25, -0.2) is 0 Å². The van der Waals surface area contributed by atoms with Crippen LogP contribution in [-0.4, -0.2) is 22.7 Å². The van der Waals surface area contributed by atoms with E-state index in [9.17, 15) is 4.79 Å². The van der Waals surface area contributed by atoms with Gasteiger partial charge in [0, 0.05) is 5.54 Å². The Morgan fingerprint density at radius 3 is 2.77 bits per heavy atom. The molecule has 1 atom stereocenters. The third kappa shape index (κ3) is 4.47. The van der Waals surface area contributed by atoms with Crippen LogP contribution in [0.2, 0.25) is 0 Å². The van der Waals surface area contributed by atoms with Gasteiger partial charge < -0.3 is 15.2 Å². The largest absolute Gasteiger partial charge is 0.481 e. The van der Waals surface area contributed by atoms with E-state index in [4.69, 9.17) is 9.84 Å². The minimum absolute atomic E-state index is 0.0337. The molecule has 0 aliphatic heterocycles. The maximum atomic E-state index is 12.4. The van der Waals surface area contributed by atoms with Crippen molar-refractivity contribution in [1.29, 1.82) is 0 Å². The summed E-state index contributed by atoms with van der Waals surface area (Å²) < 4.78 is 5.70. The lowest BCUT2D eigenvalue weighted by molar-refractivity contribution is -0.129. The van der Waals surface area contributed by atoms with E-state index in [2.05, 4.69) is 19.2 Å². The monoisotopic (exact) mass is 305 g/mol. The number of nitrogens with one attached hydrogen (secondary N) is 1. The van der Waals surface area contributed by atoms with Crippen LogP contribution in [0.5, 0.6) is 5.75 Å². The van der Waals surface area contributed by atoms with Crippen LogP contribution in [0.1, 0.15) is 52.0 Å². The second kappa shape index (κ2) is 7.14. The van der Waals surface area contributed by atoms with Gasteiger partial charge in [0.15, 0.2) is 6.10 Å². The van der Waals surface area contributed by atoms with Gasteiger partial charge in [-0.3, -0.25) is 4.79 Å². The molecular weight excluding hydrogens is 278 g/mol. The molecule has 4 heteroatoms. The molecular formula is C18H27NO3. The number of aliphatic hydroxyl groups excluding tert-OH is 1. The molecule has 122 valence electrons. The second-order valence-corrected chi connectivity index (χ2v) is 6.80. The Bertz CT molecular complexity index is 507. The molecule has 1 amide bonds. The van der Waals surface area contributed by atoms with Gasteiger partial charge in [-0.15, -0.1) is 0 Å². The number of carbonyl (C=O) groups is 1. The minimum atomic E-state index is -0.551. The van der Waals surface area contributed by atoms with Crippen LogP contribution in [0.15, 0.2) is 24.3 Å². The molecule has 22 heavy (non-hydrogen) atoms. The van der Waals surface area contributed by atoms with Crippen LogP contribution in [0.4, 0.5) is 0 Å². The molecule has 1 aliphatic carbocycles. The van der Waals surface area contributed by atoms with Crippen LogP contribution >= 0.6 is 0 Å². The van der Waals surface area contributed by atoms with Crippen molar-refractivity contribution in [2.75, 3.05) is 0 Å². The van der Waals surface area contributed by atoms with Crippen LogP contribution in [0.3, 0.4) is 0 Å². The first kappa shape index (κ1) is 16.8. The molecule has 0 radical (unpaired) electrons. The smallest absolute Gasteiger partial charge is 0.261 e. The van der Waals surface area contributed by atoms with E-state index >= 15 is 0 Å². The van der Waals surface area contributed by atoms with Gasteiger partial charge in [-0.1, -0.05) is 19.1 Å². The predicted octanol–water partition coefficient (Wildman–Crippen LogP) is 3.03. The molecule has 1 fully saturated rings. The summed E-state index contributed by atoms with van der Waals surface area (Å²) in [6, 6.07) is 7.19. The Labute approximate surface area is 132 Å². The first-order valence-electron chi connectivity index (χ1n) is 8.10. The highest BCUT2D eigenvalue weighted by Crippen LogP contribution is 2.31. The van der Waals surface area contributed by atoms with E-state index in [-0.39, 0.29) is 18.1 Å². The van der Waals surface area contributed by atoms with Crippen molar-refractivity contribution in [2.45, 2.75) is 64.7 Å². The summed E-state index contributed by atoms with van der Waals surface area (Å²) in [6.45, 7) is 6.11. The van der Waals surface area contributed by atoms with Crippen molar-refractivity contribution in [2.24, 2.45) is 5.92 Å². The van der Waals surface area contributed by atoms with Gasteiger partial charge in [-0.05, 0) is 63.1 Å². The number of amides is 1. The average Bonchev–Trinajstić information content (AvgIpc) is 2.50. The number of aliphatic hydroxyl groups is 1. The molecule has 1 aliphatic rings. The molecule has 2 rings (SSSR count). The summed E-state index contributed by atoms with van der Waals surface area (Å²) in [5, 5.41) is 12.3. The molecule has 1 unspecified atom stereocenters. The van der Waals surface area contributed by atoms with Crippen molar-refractivity contribution >= 4 is 5.91 Å². The van der Waals surface area contributed by atoms with E-state index in [1.807, 2.05) is 12.1 Å². The van der Waals surface area contributed by atoms with Gasteiger partial charge in [0.05, 0.1) is 6.61 Å². The third-order valence-corrected chi connectivity index (χ3v) is 4.57. The Kier molecular flexibility index (Phi) is 5.46. The fourth-order valence-electron chi connectivity index (χ4n) is 2.90. The quantitative estimate of drug-likeness (QED) is 0.879. The number of benzene rings is 1. The summed E-state index contributed by atoms with van der Waals surface area (Å²) in [7, 11) is 0. The standard InChI is InChI=1S/C18H27NO3/c1-13-7-9-18(3,10-8-13)19-17(21)14(2)22-16-6-4-5-15(11-16)12-20/h4-6,11,13-14,20H,7-10,12H2,1-3H3,(H,19,21). The Morgan fingerprint density at radius 1 is 1.45 bits per heavy atom. The lowest BCUT2D eigenvalue weighted by Crippen LogP contribution is -2.51. The SMILES string of the molecule is CC1CCC(C)(NC(=O)C(C)Oc2cccc(CO)c2)CC1. The molecule has 0 heterocycles. The molecule has 4 nitrogen and oxygen atoms in total. The van der Waals surface area contributed by atoms with Crippen molar-refractivity contribution in [3.63, 3.8) is 0 Å². The normalized spacial score (nSPS) is 26.3. The summed E-state index contributed by atoms with van der Waals surface area (Å²) in [5.74, 6) is 1.28. The molecule has 1 saturated carbocycles. The lowest BCUT2D eigenvalue weighted by Gasteiger charge is -2.37. The fourth-order valence-corrected chi connectivity index (χ4v) is 2.90. The summed E-state index contributed by atoms with van der Waals surface area (Å²) >= 11 is 0. The van der Waals surface area contributed by atoms with Crippen molar-refractivity contribution in [3.8, 4) is 5.75 Å². The van der Waals surface area contributed by atoms with Crippen molar-refractivity contribution < 1.29 is 14.6 Å². The third-order valence-electron chi connectivity index (χ3n) is 4.57. The summed E-state index contributed by atoms with van der Waals surface area (Å²) in [4.78, 5) is 12.4. The molecule has 0 aromatic heterocycles. The first-order chi connectivity index (χ1) is 10.4. The highest BCUT2D eigenvalue weighted by molar-refractivity contribution is 5.81. The molecule has 1 aromatic rings. The first-order valence-corrected chi connectivity index (χ1v) is 8.10. The highest BCUT2D eigenvalue weighted by Gasteiger charge is 2.32. The molecule has 0 bridgehead atoms. The Hall–Kier alpha value is -1.55. The van der Waals surface area contributed by atoms with Gasteiger partial charge in [0.2, 0.25) is 0 Å². The van der Waals surface area contributed by atoms with Gasteiger partial charge in [0.1, 0.15) is 5.75 Å². The van der Waals surface area contributed by atoms with Crippen LogP contribution < -0.4 is 10.1 Å². The molecule has 0 spiro atoms. The zero-order valence-electron chi connectivity index (χ0n) is 13.8. The topological polar surface area (TPSA) is 58.6 Å². The van der Waals surface area contributed by atoms with E-state index in [1.54, 1.807) is 19.1 Å². The highest BCUT2D eigenvalue weighted by atomic mass is 16.5. The van der Waals surface area contributed by atoms with Crippen molar-refractivity contribution in [3.05, 3.63) is 29.8 Å². The van der Waals surface area contributed by atoms with Gasteiger partial charge in [0.25, 0.3) is 5.91 Å². The average molecular weight is 305 g/mol. The van der Waals surface area contributed by atoms with E-state index < -0.39 is 6.10 Å². The van der Waals surface area contributed by atoms with Gasteiger partial charge >= 0.3 is 0 Å². The summed E-state index contributed by atoms with van der Waals surface area (Å²) in [6.07, 6.45) is 3.80. The van der Waals surface area contributed by atoms with Crippen LogP contribution in [0, 0.1) is 5.92 Å². The summed E-state index contributed by atoms with van der Waals surface area (Å²) in [5.41, 5.74) is 0.659. The van der Waals surface area contributed by atoms with E-state index in [0.29, 0.717) is 5.75 Å². The fraction of sp³-hybridized carbons (Fsp3) is 0.611. The predicted molar refractivity (Wildman–Crippen MR) is 86.6 cm³/mol. The number of carbonyl (C=O) groups excluding carboxylic acids is 1. The molecule has 2 N–H and O–H groups in total. The zero-order valence-corrected chi connectivity index (χ0v) is 13.8. The van der Waals surface area contributed by atoms with Crippen LogP contribution in [-0.2, 0) is 11.4 Å². The maximum absolute atomic E-state index is 12.4. The van der Waals surface area contributed by atoms with Crippen molar-refractivity contribution in [1.82, 2.24) is 5.32 Å². The minimum Gasteiger partial charge on any atom is -0.481 e. The second-order valence-electron chi connectivity index (χ2n) is 6.80. The number of hydrogen-bond acceptors (Lipinski definition) is 3. The molecule has 0 saturated heterocycles. The lowest BCUT2D eigenvalue weighted by atomic mass is 9.78. The van der Waals surface area contributed by atoms with E-state index in [1.165, 1.54) is 0 Å². The Balaban J connectivity index is 1.91. The van der Waals surface area contributed by atoms with Gasteiger partial charge in [-0.2, -0.15) is 0 Å². The number of hydrogen-bond donors (Lipinski definition) is 2. The number of ether oxygens (including phenoxy) is 1. The van der Waals surface area contributed by atoms with E-state index in [0.717, 1.165) is 37.2 Å². The molecule has 1 aromatic carbocycles. The zero-order chi connectivity index (χ0) is 16.2. The maximum Gasteiger partial charge on any atom is 0.261 e. The van der Waals surface area contributed by atoms with Crippen LogP contribution in [0.25, 0.3) is 0 Å².